The number of aliphatic hydroxyl groups is 1. The molecule has 19 heteroatoms. The zero-order valence-corrected chi connectivity index (χ0v) is 65.3. The first-order chi connectivity index (χ1) is 46.8. The van der Waals surface area contributed by atoms with Gasteiger partial charge in [-0.05, 0) is 43.4 Å². The normalized spacial score (nSPS) is 14.3. The van der Waals surface area contributed by atoms with Gasteiger partial charge in [0.1, 0.15) is 19.3 Å². The molecular formula is C78H152O17P2. The molecule has 0 aromatic rings. The van der Waals surface area contributed by atoms with Crippen LogP contribution in [0.15, 0.2) is 0 Å². The van der Waals surface area contributed by atoms with Crippen LogP contribution in [0.25, 0.3) is 0 Å². The van der Waals surface area contributed by atoms with Crippen LogP contribution in [0.5, 0.6) is 0 Å². The van der Waals surface area contributed by atoms with Crippen molar-refractivity contribution >= 4 is 39.5 Å². The second kappa shape index (κ2) is 68.5. The molecule has 0 fully saturated rings. The average Bonchev–Trinajstić information content (AvgIpc) is 1.51. The third-order valence-electron chi connectivity index (χ3n) is 18.5. The minimum Gasteiger partial charge on any atom is -0.462 e. The van der Waals surface area contributed by atoms with E-state index in [4.69, 9.17) is 37.0 Å². The van der Waals surface area contributed by atoms with Crippen LogP contribution >= 0.6 is 15.6 Å². The second-order valence-corrected chi connectivity index (χ2v) is 32.2. The Morgan fingerprint density at radius 3 is 0.784 bits per heavy atom. The van der Waals surface area contributed by atoms with Gasteiger partial charge in [0.15, 0.2) is 12.2 Å². The molecule has 6 atom stereocenters. The van der Waals surface area contributed by atoms with E-state index in [1.807, 2.05) is 0 Å². The van der Waals surface area contributed by atoms with E-state index in [9.17, 15) is 43.2 Å². The number of aliphatic hydroxyl groups excluding tert-OH is 1. The van der Waals surface area contributed by atoms with E-state index in [1.165, 1.54) is 205 Å². The monoisotopic (exact) mass is 1420 g/mol. The summed E-state index contributed by atoms with van der Waals surface area (Å²) in [4.78, 5) is 72.6. The number of esters is 4. The van der Waals surface area contributed by atoms with Crippen molar-refractivity contribution in [3.8, 4) is 0 Å². The summed E-state index contributed by atoms with van der Waals surface area (Å²) in [6.45, 7) is 11.9. The lowest BCUT2D eigenvalue weighted by atomic mass is 9.99. The van der Waals surface area contributed by atoms with Gasteiger partial charge in [-0.1, -0.05) is 350 Å². The van der Waals surface area contributed by atoms with E-state index >= 15 is 0 Å². The molecule has 0 radical (unpaired) electrons. The predicted octanol–water partition coefficient (Wildman–Crippen LogP) is 23.0. The molecule has 0 spiro atoms. The summed E-state index contributed by atoms with van der Waals surface area (Å²) in [7, 11) is -9.90. The van der Waals surface area contributed by atoms with Crippen molar-refractivity contribution in [2.45, 2.75) is 420 Å². The van der Waals surface area contributed by atoms with Crippen molar-refractivity contribution in [2.24, 2.45) is 17.8 Å². The predicted molar refractivity (Wildman–Crippen MR) is 395 cm³/mol. The van der Waals surface area contributed by atoms with Gasteiger partial charge in [-0.25, -0.2) is 9.13 Å². The number of phosphoric ester groups is 2. The molecule has 0 saturated heterocycles. The third-order valence-corrected chi connectivity index (χ3v) is 20.4. The summed E-state index contributed by atoms with van der Waals surface area (Å²) in [6.07, 6.45) is 56.0. The molecule has 3 N–H and O–H groups in total. The van der Waals surface area contributed by atoms with Crippen molar-refractivity contribution in [2.75, 3.05) is 39.6 Å². The highest BCUT2D eigenvalue weighted by atomic mass is 31.2. The Hall–Kier alpha value is -1.94. The summed E-state index contributed by atoms with van der Waals surface area (Å²) in [5.74, 6) is 0.295. The van der Waals surface area contributed by atoms with Crippen LogP contribution in [-0.2, 0) is 65.4 Å². The van der Waals surface area contributed by atoms with E-state index in [-0.39, 0.29) is 25.7 Å². The Morgan fingerprint density at radius 1 is 0.299 bits per heavy atom. The second-order valence-electron chi connectivity index (χ2n) is 29.3. The van der Waals surface area contributed by atoms with Crippen LogP contribution in [0.4, 0.5) is 0 Å². The molecule has 17 nitrogen and oxygen atoms in total. The molecule has 97 heavy (non-hydrogen) atoms. The van der Waals surface area contributed by atoms with Crippen molar-refractivity contribution in [3.63, 3.8) is 0 Å². The number of hydrogen-bond acceptors (Lipinski definition) is 15. The van der Waals surface area contributed by atoms with E-state index in [0.29, 0.717) is 25.7 Å². The van der Waals surface area contributed by atoms with E-state index in [1.54, 1.807) is 0 Å². The molecule has 0 aliphatic carbocycles. The Balaban J connectivity index is 5.12. The van der Waals surface area contributed by atoms with Crippen LogP contribution < -0.4 is 0 Å². The van der Waals surface area contributed by atoms with E-state index in [2.05, 4.69) is 48.5 Å². The smallest absolute Gasteiger partial charge is 0.462 e. The first kappa shape index (κ1) is 95.1. The first-order valence-corrected chi connectivity index (χ1v) is 43.4. The van der Waals surface area contributed by atoms with Crippen LogP contribution in [0, 0.1) is 17.8 Å². The number of carbonyl (C=O) groups excluding carboxylic acids is 4. The van der Waals surface area contributed by atoms with Gasteiger partial charge in [-0.3, -0.25) is 37.3 Å². The van der Waals surface area contributed by atoms with Crippen molar-refractivity contribution in [3.05, 3.63) is 0 Å². The van der Waals surface area contributed by atoms with Crippen LogP contribution in [0.3, 0.4) is 0 Å². The van der Waals surface area contributed by atoms with Gasteiger partial charge in [0.25, 0.3) is 0 Å². The summed E-state index contributed by atoms with van der Waals surface area (Å²) in [5, 5.41) is 10.6. The summed E-state index contributed by atoms with van der Waals surface area (Å²) in [6, 6.07) is 0. The highest BCUT2D eigenvalue weighted by molar-refractivity contribution is 7.47. The lowest BCUT2D eigenvalue weighted by Gasteiger charge is -2.21. The van der Waals surface area contributed by atoms with E-state index in [0.717, 1.165) is 114 Å². The molecule has 0 aliphatic rings. The van der Waals surface area contributed by atoms with Gasteiger partial charge in [0.05, 0.1) is 26.4 Å². The third kappa shape index (κ3) is 70.9. The van der Waals surface area contributed by atoms with Gasteiger partial charge < -0.3 is 33.8 Å². The van der Waals surface area contributed by atoms with Crippen molar-refractivity contribution < 1.29 is 80.2 Å². The van der Waals surface area contributed by atoms with Gasteiger partial charge in [0.2, 0.25) is 0 Å². The minimum atomic E-state index is -4.96. The Kier molecular flexibility index (Phi) is 67.1. The summed E-state index contributed by atoms with van der Waals surface area (Å²) >= 11 is 0. The fraction of sp³-hybridized carbons (Fsp3) is 0.949. The number of rotatable bonds is 76. The SMILES string of the molecule is CCCCCCCC(=O)OC[C@H](COP(=O)(O)OC[C@H](O)COP(=O)(O)OC[C@@H](COC(=O)CCCCCCCCCCCCCCCCC(C)C)OC(=O)CCCCCCCCCCCCCCCCCCCCC(C)CC)OC(=O)CCCCCCCCCCCCC(C)C. The molecule has 576 valence electrons. The highest BCUT2D eigenvalue weighted by Gasteiger charge is 2.30. The van der Waals surface area contributed by atoms with Crippen LogP contribution in [-0.4, -0.2) is 96.7 Å². The largest absolute Gasteiger partial charge is 0.472 e. The van der Waals surface area contributed by atoms with Gasteiger partial charge in [-0.2, -0.15) is 0 Å². The van der Waals surface area contributed by atoms with Crippen molar-refractivity contribution in [1.82, 2.24) is 0 Å². The zero-order chi connectivity index (χ0) is 71.6. The first-order valence-electron chi connectivity index (χ1n) is 40.4. The molecule has 0 saturated carbocycles. The van der Waals surface area contributed by atoms with Gasteiger partial charge in [0, 0.05) is 25.7 Å². The Bertz CT molecular complexity index is 1890. The summed E-state index contributed by atoms with van der Waals surface area (Å²) < 4.78 is 68.3. The number of unbranched alkanes of at least 4 members (excludes halogenated alkanes) is 43. The molecule has 0 amide bonds. The van der Waals surface area contributed by atoms with Gasteiger partial charge in [-0.15, -0.1) is 0 Å². The lowest BCUT2D eigenvalue weighted by Crippen LogP contribution is -2.30. The molecule has 0 aromatic carbocycles. The maximum Gasteiger partial charge on any atom is 0.472 e. The van der Waals surface area contributed by atoms with Gasteiger partial charge >= 0.3 is 39.5 Å². The number of hydrogen-bond donors (Lipinski definition) is 3. The molecule has 0 bridgehead atoms. The lowest BCUT2D eigenvalue weighted by molar-refractivity contribution is -0.161. The molecular weight excluding hydrogens is 1270 g/mol. The molecule has 3 unspecified atom stereocenters. The fourth-order valence-corrected chi connectivity index (χ4v) is 13.5. The average molecular weight is 1420 g/mol. The maximum absolute atomic E-state index is 13.1. The Labute approximate surface area is 594 Å². The number of phosphoric acid groups is 2. The molecule has 0 aromatic heterocycles. The van der Waals surface area contributed by atoms with Crippen LogP contribution in [0.1, 0.15) is 402 Å². The van der Waals surface area contributed by atoms with E-state index < -0.39 is 97.5 Å². The number of ether oxygens (including phenoxy) is 4. The summed E-state index contributed by atoms with van der Waals surface area (Å²) in [5.41, 5.74) is 0. The standard InChI is InChI=1S/C78H152O17P2/c1-8-10-11-42-52-59-75(80)88-65-73(94-77(82)62-55-48-41-35-29-28-31-37-44-50-57-70(5)6)67-92-96(84,85)90-63-72(79)64-91-97(86,87)93-68-74(66-89-76(81)60-53-46-39-33-26-22-19-18-20-24-30-36-43-49-56-69(3)4)95-78(83)61-54-47-40-34-27-23-17-15-13-12-14-16-21-25-32-38-45-51-58-71(7)9-2/h69-74,79H,8-68H2,1-7H3,(H,84,85)(H,86,87)/t71?,72-,73+,74+/m0/s1. The zero-order valence-electron chi connectivity index (χ0n) is 63.5. The quantitative estimate of drug-likeness (QED) is 0.0222. The topological polar surface area (TPSA) is 237 Å². The fourth-order valence-electron chi connectivity index (χ4n) is 11.9. The molecule has 0 rings (SSSR count). The Morgan fingerprint density at radius 2 is 0.526 bits per heavy atom. The highest BCUT2D eigenvalue weighted by Crippen LogP contribution is 2.45. The number of carbonyl (C=O) groups is 4. The van der Waals surface area contributed by atoms with Crippen LogP contribution in [0.2, 0.25) is 0 Å². The minimum absolute atomic E-state index is 0.105. The van der Waals surface area contributed by atoms with Crippen molar-refractivity contribution in [1.29, 1.82) is 0 Å². The molecule has 0 aliphatic heterocycles. The molecule has 0 heterocycles. The maximum atomic E-state index is 13.1.